The lowest BCUT2D eigenvalue weighted by molar-refractivity contribution is -0.161. The molecule has 0 radical (unpaired) electrons. The molecule has 6 nitrogen and oxygen atoms in total. The van der Waals surface area contributed by atoms with Crippen LogP contribution in [-0.4, -0.2) is 34.2 Å². The van der Waals surface area contributed by atoms with Gasteiger partial charge in [0.15, 0.2) is 0 Å². The summed E-state index contributed by atoms with van der Waals surface area (Å²) in [4.78, 5) is 39.9. The standard InChI is InChI=1S/C27H29NO5S/c1-6-32-25(30)27(5)13-12-20-18(4)21(16(2)17(3)23(20)33-27)14-22-24(29)28(26(31)34-22)15-19-10-8-7-9-11-19/h7-11,14H,6,12-13,15H2,1-5H3/b22-14-. The van der Waals surface area contributed by atoms with Crippen molar-refractivity contribution >= 4 is 35.0 Å². The van der Waals surface area contributed by atoms with Crippen LogP contribution in [0.1, 0.15) is 53.6 Å². The zero-order chi connectivity index (χ0) is 24.6. The fraction of sp³-hybridized carbons (Fsp3) is 0.370. The summed E-state index contributed by atoms with van der Waals surface area (Å²) in [7, 11) is 0. The molecule has 2 aromatic carbocycles. The fourth-order valence-electron chi connectivity index (χ4n) is 4.47. The highest BCUT2D eigenvalue weighted by molar-refractivity contribution is 8.18. The Bertz CT molecular complexity index is 1200. The summed E-state index contributed by atoms with van der Waals surface area (Å²) < 4.78 is 11.5. The number of amides is 2. The Hall–Kier alpha value is -3.06. The van der Waals surface area contributed by atoms with Crippen molar-refractivity contribution in [3.63, 3.8) is 0 Å². The van der Waals surface area contributed by atoms with Crippen LogP contribution in [0.5, 0.6) is 5.75 Å². The number of ether oxygens (including phenoxy) is 2. The summed E-state index contributed by atoms with van der Waals surface area (Å²) in [5, 5.41) is -0.265. The van der Waals surface area contributed by atoms with Crippen LogP contribution in [0.25, 0.3) is 6.08 Å². The first-order chi connectivity index (χ1) is 16.2. The maximum atomic E-state index is 13.1. The van der Waals surface area contributed by atoms with Gasteiger partial charge in [0.25, 0.3) is 11.1 Å². The van der Waals surface area contributed by atoms with Gasteiger partial charge in [-0.3, -0.25) is 14.5 Å². The molecular weight excluding hydrogens is 450 g/mol. The molecule has 0 aromatic heterocycles. The van der Waals surface area contributed by atoms with Crippen molar-refractivity contribution in [3.8, 4) is 5.75 Å². The summed E-state index contributed by atoms with van der Waals surface area (Å²) >= 11 is 0.972. The Kier molecular flexibility index (Phi) is 6.58. The number of thioether (sulfide) groups is 1. The highest BCUT2D eigenvalue weighted by atomic mass is 32.2. The summed E-state index contributed by atoms with van der Waals surface area (Å²) in [5.41, 5.74) is 4.71. The number of fused-ring (bicyclic) bond motifs is 1. The van der Waals surface area contributed by atoms with Crippen molar-refractivity contribution in [2.45, 2.75) is 59.6 Å². The van der Waals surface area contributed by atoms with Gasteiger partial charge >= 0.3 is 5.97 Å². The molecule has 2 aliphatic rings. The molecule has 0 saturated carbocycles. The predicted octanol–water partition coefficient (Wildman–Crippen LogP) is 5.50. The number of hydrogen-bond acceptors (Lipinski definition) is 6. The lowest BCUT2D eigenvalue weighted by atomic mass is 9.85. The lowest BCUT2D eigenvalue weighted by Gasteiger charge is -2.36. The third-order valence-electron chi connectivity index (χ3n) is 6.66. The summed E-state index contributed by atoms with van der Waals surface area (Å²) in [6, 6.07) is 9.49. The van der Waals surface area contributed by atoms with Crippen molar-refractivity contribution in [2.24, 2.45) is 0 Å². The molecule has 4 rings (SSSR count). The largest absolute Gasteiger partial charge is 0.475 e. The minimum Gasteiger partial charge on any atom is -0.475 e. The molecule has 1 fully saturated rings. The molecular formula is C27H29NO5S. The van der Waals surface area contributed by atoms with Gasteiger partial charge in [-0.25, -0.2) is 4.79 Å². The van der Waals surface area contributed by atoms with Crippen LogP contribution in [0.3, 0.4) is 0 Å². The second-order valence-corrected chi connectivity index (χ2v) is 9.90. The molecule has 34 heavy (non-hydrogen) atoms. The van der Waals surface area contributed by atoms with Crippen LogP contribution < -0.4 is 4.74 Å². The fourth-order valence-corrected chi connectivity index (χ4v) is 5.29. The molecule has 0 spiro atoms. The number of hydrogen-bond donors (Lipinski definition) is 0. The van der Waals surface area contributed by atoms with E-state index in [0.29, 0.717) is 30.1 Å². The highest BCUT2D eigenvalue weighted by Crippen LogP contribution is 2.43. The minimum absolute atomic E-state index is 0.254. The maximum Gasteiger partial charge on any atom is 0.350 e. The average molecular weight is 480 g/mol. The third kappa shape index (κ3) is 4.25. The van der Waals surface area contributed by atoms with Crippen molar-refractivity contribution in [2.75, 3.05) is 6.61 Å². The Morgan fingerprint density at radius 2 is 1.85 bits per heavy atom. The number of imide groups is 1. The SMILES string of the molecule is CCOC(=O)C1(C)CCc2c(C)c(/C=C3\SC(=O)N(Cc4ccccc4)C3=O)c(C)c(C)c2O1. The van der Waals surface area contributed by atoms with E-state index in [0.717, 1.165) is 45.1 Å². The topological polar surface area (TPSA) is 72.9 Å². The molecule has 1 saturated heterocycles. The van der Waals surface area contributed by atoms with Crippen LogP contribution in [0.2, 0.25) is 0 Å². The van der Waals surface area contributed by atoms with Gasteiger partial charge in [0.2, 0.25) is 5.60 Å². The smallest absolute Gasteiger partial charge is 0.350 e. The van der Waals surface area contributed by atoms with Gasteiger partial charge < -0.3 is 9.47 Å². The van der Waals surface area contributed by atoms with Crippen LogP contribution >= 0.6 is 11.8 Å². The zero-order valence-corrected chi connectivity index (χ0v) is 21.0. The molecule has 1 atom stereocenters. The van der Waals surface area contributed by atoms with E-state index in [2.05, 4.69) is 0 Å². The molecule has 2 amide bonds. The second kappa shape index (κ2) is 9.29. The third-order valence-corrected chi connectivity index (χ3v) is 7.56. The molecule has 0 aliphatic carbocycles. The van der Waals surface area contributed by atoms with E-state index in [9.17, 15) is 14.4 Å². The van der Waals surface area contributed by atoms with Gasteiger partial charge in [-0.1, -0.05) is 30.3 Å². The van der Waals surface area contributed by atoms with Crippen molar-refractivity contribution < 1.29 is 23.9 Å². The van der Waals surface area contributed by atoms with Gasteiger partial charge in [-0.05, 0) is 92.3 Å². The normalized spacial score (nSPS) is 21.0. The van der Waals surface area contributed by atoms with E-state index in [4.69, 9.17) is 9.47 Å². The maximum absolute atomic E-state index is 13.1. The number of benzene rings is 2. The molecule has 1 unspecified atom stereocenters. The predicted molar refractivity (Wildman–Crippen MR) is 133 cm³/mol. The Morgan fingerprint density at radius 3 is 2.53 bits per heavy atom. The average Bonchev–Trinajstić information content (AvgIpc) is 3.08. The molecule has 0 bridgehead atoms. The number of esters is 1. The molecule has 2 heterocycles. The summed E-state index contributed by atoms with van der Waals surface area (Å²) in [5.74, 6) is 0.0804. The highest BCUT2D eigenvalue weighted by Gasteiger charge is 2.42. The van der Waals surface area contributed by atoms with Crippen LogP contribution in [0.15, 0.2) is 35.2 Å². The van der Waals surface area contributed by atoms with Gasteiger partial charge in [-0.2, -0.15) is 0 Å². The monoisotopic (exact) mass is 479 g/mol. The number of carbonyl (C=O) groups is 3. The van der Waals surface area contributed by atoms with Gasteiger partial charge in [0, 0.05) is 6.42 Å². The van der Waals surface area contributed by atoms with Crippen LogP contribution in [0.4, 0.5) is 4.79 Å². The lowest BCUT2D eigenvalue weighted by Crippen LogP contribution is -2.46. The first-order valence-corrected chi connectivity index (χ1v) is 12.3. The van der Waals surface area contributed by atoms with Crippen LogP contribution in [0, 0.1) is 20.8 Å². The molecule has 178 valence electrons. The van der Waals surface area contributed by atoms with Gasteiger partial charge in [0.1, 0.15) is 5.75 Å². The number of carbonyl (C=O) groups excluding carboxylic acids is 3. The van der Waals surface area contributed by atoms with Gasteiger partial charge in [-0.15, -0.1) is 0 Å². The van der Waals surface area contributed by atoms with E-state index in [-0.39, 0.29) is 23.7 Å². The number of nitrogens with zero attached hydrogens (tertiary/aromatic N) is 1. The Balaban J connectivity index is 1.67. The first kappa shape index (κ1) is 24.1. The zero-order valence-electron chi connectivity index (χ0n) is 20.2. The Labute approximate surface area is 204 Å². The Morgan fingerprint density at radius 1 is 1.15 bits per heavy atom. The summed E-state index contributed by atoms with van der Waals surface area (Å²) in [6.07, 6.45) is 3.00. The van der Waals surface area contributed by atoms with Crippen LogP contribution in [-0.2, 0) is 27.3 Å². The number of rotatable bonds is 5. The van der Waals surface area contributed by atoms with Gasteiger partial charge in [0.05, 0.1) is 18.1 Å². The van der Waals surface area contributed by atoms with E-state index in [1.165, 1.54) is 4.90 Å². The van der Waals surface area contributed by atoms with Crippen molar-refractivity contribution in [1.82, 2.24) is 4.90 Å². The molecule has 2 aliphatic heterocycles. The second-order valence-electron chi connectivity index (χ2n) is 8.90. The van der Waals surface area contributed by atoms with E-state index in [1.807, 2.05) is 57.2 Å². The van der Waals surface area contributed by atoms with E-state index < -0.39 is 5.60 Å². The minimum atomic E-state index is -1.02. The quantitative estimate of drug-likeness (QED) is 0.417. The van der Waals surface area contributed by atoms with Crippen molar-refractivity contribution in [1.29, 1.82) is 0 Å². The van der Waals surface area contributed by atoms with E-state index >= 15 is 0 Å². The molecule has 2 aromatic rings. The summed E-state index contributed by atoms with van der Waals surface area (Å²) in [6.45, 7) is 10.1. The van der Waals surface area contributed by atoms with E-state index in [1.54, 1.807) is 13.8 Å². The molecule has 0 N–H and O–H groups in total. The molecule has 7 heteroatoms. The van der Waals surface area contributed by atoms with Crippen molar-refractivity contribution in [3.05, 3.63) is 68.6 Å². The first-order valence-electron chi connectivity index (χ1n) is 11.4.